The van der Waals surface area contributed by atoms with E-state index in [1.54, 1.807) is 0 Å². The zero-order valence-electron chi connectivity index (χ0n) is 8.72. The van der Waals surface area contributed by atoms with Crippen molar-refractivity contribution in [3.05, 3.63) is 0 Å². The molecule has 0 amide bonds. The van der Waals surface area contributed by atoms with Crippen LogP contribution >= 0.6 is 0 Å². The van der Waals surface area contributed by atoms with Crippen LogP contribution < -0.4 is 0 Å². The molecule has 0 aliphatic heterocycles. The third-order valence-electron chi connectivity index (χ3n) is 0.779. The summed E-state index contributed by atoms with van der Waals surface area (Å²) in [5.41, 5.74) is 0. The van der Waals surface area contributed by atoms with Crippen molar-refractivity contribution in [2.24, 2.45) is 0 Å². The first-order chi connectivity index (χ1) is 5.10. The molecule has 0 heterocycles. The first kappa shape index (κ1) is 12.9. The Morgan fingerprint density at radius 1 is 0.833 bits per heavy atom. The van der Waals surface area contributed by atoms with Gasteiger partial charge in [-0.15, -0.1) is 0 Å². The number of rotatable bonds is 4. The van der Waals surface area contributed by atoms with Crippen LogP contribution in [0.2, 0.25) is 39.3 Å². The molecule has 0 radical (unpaired) electrons. The first-order valence-electron chi connectivity index (χ1n) is 4.02. The van der Waals surface area contributed by atoms with Crippen molar-refractivity contribution >= 4 is 16.6 Å². The fraction of sp³-hybridized carbons (Fsp3) is 1.00. The minimum atomic E-state index is -2.84. The van der Waals surface area contributed by atoms with Crippen LogP contribution in [0.5, 0.6) is 0 Å². The van der Waals surface area contributed by atoms with Crippen LogP contribution in [0.1, 0.15) is 0 Å². The molecule has 0 aromatic carbocycles. The molecule has 0 saturated carbocycles. The van der Waals surface area contributed by atoms with E-state index in [2.05, 4.69) is 0 Å². The Hall–Kier alpha value is 0.868. The summed E-state index contributed by atoms with van der Waals surface area (Å²) in [7, 11) is -3.32. The summed E-state index contributed by atoms with van der Waals surface area (Å²) in [6.45, 7) is 12.1. The van der Waals surface area contributed by atoms with Crippen molar-refractivity contribution < 1.29 is 28.0 Å². The molecule has 0 aromatic rings. The van der Waals surface area contributed by atoms with Crippen LogP contribution in [0.25, 0.3) is 0 Å². The molecule has 0 aliphatic rings. The molecule has 0 spiro atoms. The van der Waals surface area contributed by atoms with Crippen LogP contribution in [0.3, 0.4) is 0 Å². The van der Waals surface area contributed by atoms with E-state index in [0.29, 0.717) is 0 Å². The van der Waals surface area contributed by atoms with Gasteiger partial charge in [0.1, 0.15) is 0 Å². The Balaban J connectivity index is 3.92. The Bertz CT molecular complexity index is 153. The van der Waals surface area contributed by atoms with Crippen LogP contribution in [-0.2, 0) is 28.0 Å². The van der Waals surface area contributed by atoms with Gasteiger partial charge in [-0.1, -0.05) is 0 Å². The van der Waals surface area contributed by atoms with Crippen LogP contribution in [0, 0.1) is 0 Å². The van der Waals surface area contributed by atoms with E-state index in [1.165, 1.54) is 0 Å². The topological polar surface area (TPSA) is 35.5 Å². The standard InChI is InChI=1S/2C3H9OSi.O.Ti/c2*1-5(2,3)4;;/h2*1-3H3;;/q2*-1;;+2. The zero-order chi connectivity index (χ0) is 9.99. The Kier molecular flexibility index (Phi) is 4.71. The van der Waals surface area contributed by atoms with Crippen molar-refractivity contribution in [1.29, 1.82) is 0 Å². The van der Waals surface area contributed by atoms with E-state index in [1.807, 2.05) is 39.3 Å². The van der Waals surface area contributed by atoms with Gasteiger partial charge < -0.3 is 0 Å². The fourth-order valence-corrected chi connectivity index (χ4v) is 6.96. The van der Waals surface area contributed by atoms with Gasteiger partial charge in [0.2, 0.25) is 0 Å². The summed E-state index contributed by atoms with van der Waals surface area (Å²) >= 11 is -2.84. The molecule has 12 heavy (non-hydrogen) atoms. The van der Waals surface area contributed by atoms with Crippen LogP contribution in [-0.4, -0.2) is 16.6 Å². The summed E-state index contributed by atoms with van der Waals surface area (Å²) in [4.78, 5) is 0. The SMILES string of the molecule is C[Si](C)(C)[O][Ti](=[O])[O][Si](C)(C)C. The van der Waals surface area contributed by atoms with Gasteiger partial charge in [-0.2, -0.15) is 0 Å². The second-order valence-corrected chi connectivity index (χ2v) is 16.2. The number of hydrogen-bond acceptors (Lipinski definition) is 3. The van der Waals surface area contributed by atoms with E-state index >= 15 is 0 Å². The van der Waals surface area contributed by atoms with Crippen molar-refractivity contribution in [2.45, 2.75) is 39.3 Å². The third kappa shape index (κ3) is 8.96. The Morgan fingerprint density at radius 2 is 1.08 bits per heavy atom. The second kappa shape index (κ2) is 4.39. The molecular weight excluding hydrogens is 224 g/mol. The molecule has 0 atom stereocenters. The normalized spacial score (nSPS) is 13.2. The van der Waals surface area contributed by atoms with Gasteiger partial charge in [-0.3, -0.25) is 0 Å². The fourth-order valence-electron chi connectivity index (χ4n) is 0.521. The summed E-state index contributed by atoms with van der Waals surface area (Å²) in [6.07, 6.45) is 0. The summed E-state index contributed by atoms with van der Waals surface area (Å²) in [5, 5.41) is 0. The molecule has 0 aromatic heterocycles. The van der Waals surface area contributed by atoms with Crippen LogP contribution in [0.4, 0.5) is 0 Å². The van der Waals surface area contributed by atoms with Gasteiger partial charge in [-0.05, 0) is 0 Å². The molecule has 0 saturated heterocycles. The summed E-state index contributed by atoms with van der Waals surface area (Å²) in [5.74, 6) is 0. The van der Waals surface area contributed by atoms with E-state index in [4.69, 9.17) is 6.02 Å². The molecule has 3 nitrogen and oxygen atoms in total. The monoisotopic (exact) mass is 242 g/mol. The number of hydrogen-bond donors (Lipinski definition) is 0. The minimum absolute atomic E-state index is 1.66. The molecule has 6 heteroatoms. The van der Waals surface area contributed by atoms with Gasteiger partial charge in [-0.25, -0.2) is 0 Å². The Morgan fingerprint density at radius 3 is 1.25 bits per heavy atom. The van der Waals surface area contributed by atoms with Crippen molar-refractivity contribution in [2.75, 3.05) is 0 Å². The molecule has 0 N–H and O–H groups in total. The van der Waals surface area contributed by atoms with Gasteiger partial charge in [0.25, 0.3) is 0 Å². The molecule has 0 rings (SSSR count). The second-order valence-electron chi connectivity index (χ2n) is 4.68. The van der Waals surface area contributed by atoms with Gasteiger partial charge in [0, 0.05) is 0 Å². The van der Waals surface area contributed by atoms with Gasteiger partial charge in [0.05, 0.1) is 0 Å². The predicted octanol–water partition coefficient (Wildman–Crippen LogP) is 2.48. The van der Waals surface area contributed by atoms with Crippen LogP contribution in [0.15, 0.2) is 0 Å². The molecule has 0 unspecified atom stereocenters. The maximum atomic E-state index is 11.3. The van der Waals surface area contributed by atoms with E-state index in [-0.39, 0.29) is 0 Å². The summed E-state index contributed by atoms with van der Waals surface area (Å²) in [6, 6.07) is 0. The molecule has 72 valence electrons. The van der Waals surface area contributed by atoms with Crippen molar-refractivity contribution in [3.8, 4) is 0 Å². The average molecular weight is 242 g/mol. The quantitative estimate of drug-likeness (QED) is 0.710. The molecule has 0 bridgehead atoms. The van der Waals surface area contributed by atoms with Gasteiger partial charge >= 0.3 is 83.9 Å². The van der Waals surface area contributed by atoms with Crippen molar-refractivity contribution in [1.82, 2.24) is 0 Å². The zero-order valence-corrected chi connectivity index (χ0v) is 12.3. The molecule has 0 fully saturated rings. The Labute approximate surface area is 83.8 Å². The first-order valence-corrected chi connectivity index (χ1v) is 12.7. The average Bonchev–Trinajstić information content (AvgIpc) is 1.49. The third-order valence-corrected chi connectivity index (χ3v) is 9.64. The predicted molar refractivity (Wildman–Crippen MR) is 49.5 cm³/mol. The maximum absolute atomic E-state index is 11.3. The van der Waals surface area contributed by atoms with E-state index < -0.39 is 35.3 Å². The summed E-state index contributed by atoms with van der Waals surface area (Å²) < 4.78 is 22.1. The van der Waals surface area contributed by atoms with Gasteiger partial charge in [0.15, 0.2) is 0 Å². The van der Waals surface area contributed by atoms with E-state index in [9.17, 15) is 3.32 Å². The molecule has 0 aliphatic carbocycles. The molecular formula is C6H18O3Si2Ti. The van der Waals surface area contributed by atoms with Crippen molar-refractivity contribution in [3.63, 3.8) is 0 Å². The van der Waals surface area contributed by atoms with E-state index in [0.717, 1.165) is 0 Å².